The van der Waals surface area contributed by atoms with Crippen LogP contribution in [0.4, 0.5) is 0 Å². The van der Waals surface area contributed by atoms with Gasteiger partial charge in [-0.2, -0.15) is 0 Å². The van der Waals surface area contributed by atoms with Crippen LogP contribution in [-0.2, 0) is 4.79 Å². The van der Waals surface area contributed by atoms with E-state index >= 15 is 0 Å². The Kier molecular flexibility index (Phi) is 16.9. The molecule has 0 unspecified atom stereocenters. The summed E-state index contributed by atoms with van der Waals surface area (Å²) in [6.45, 7) is 4.00. The highest BCUT2D eigenvalue weighted by Crippen LogP contribution is 2.27. The molecule has 2 aliphatic carbocycles. The van der Waals surface area contributed by atoms with E-state index in [2.05, 4.69) is 6.08 Å². The minimum absolute atomic E-state index is 0. The average molecular weight is 300 g/mol. The fourth-order valence-corrected chi connectivity index (χ4v) is 3.08. The molecule has 3 N–H and O–H groups in total. The number of rotatable bonds is 3. The fourth-order valence-electron chi connectivity index (χ4n) is 3.08. The zero-order valence-corrected chi connectivity index (χ0v) is 14.2. The minimum atomic E-state index is 0. The second-order valence-electron chi connectivity index (χ2n) is 5.49. The van der Waals surface area contributed by atoms with Crippen molar-refractivity contribution < 1.29 is 15.4 Å². The van der Waals surface area contributed by atoms with Gasteiger partial charge in [0.2, 0.25) is 0 Å². The maximum atomic E-state index is 12.0. The monoisotopic (exact) mass is 300 g/mol. The SMILES string of the molecule is CC.CO.O.O=C(/C=C/C1CCCCC1)C1CCCCC1. The maximum Gasteiger partial charge on any atom is 0.158 e. The van der Waals surface area contributed by atoms with Crippen molar-refractivity contribution in [1.82, 2.24) is 0 Å². The Labute approximate surface area is 131 Å². The Bertz CT molecular complexity index is 249. The molecule has 0 spiro atoms. The third-order valence-electron chi connectivity index (χ3n) is 4.19. The molecule has 0 aromatic heterocycles. The molecule has 0 saturated heterocycles. The molecular formula is C18H36O3. The average Bonchev–Trinajstić information content (AvgIpc) is 2.58. The summed E-state index contributed by atoms with van der Waals surface area (Å²) < 4.78 is 0. The van der Waals surface area contributed by atoms with Gasteiger partial charge in [-0.15, -0.1) is 0 Å². The highest BCUT2D eigenvalue weighted by Gasteiger charge is 2.19. The molecule has 2 aliphatic rings. The van der Waals surface area contributed by atoms with Gasteiger partial charge in [-0.05, 0) is 37.7 Å². The molecule has 2 rings (SSSR count). The first-order chi connectivity index (χ1) is 9.86. The second kappa shape index (κ2) is 15.7. The topological polar surface area (TPSA) is 68.8 Å². The molecule has 0 atom stereocenters. The van der Waals surface area contributed by atoms with Crippen molar-refractivity contribution in [2.75, 3.05) is 7.11 Å². The fraction of sp³-hybridized carbons (Fsp3) is 0.833. The number of carbonyl (C=O) groups excluding carboxylic acids is 1. The predicted octanol–water partition coefficient (Wildman–Crippen LogP) is 4.08. The van der Waals surface area contributed by atoms with Crippen molar-refractivity contribution in [2.24, 2.45) is 11.8 Å². The molecule has 0 aromatic rings. The standard InChI is InChI=1S/C15H24O.C2H6.CH4O.H2O/c16-15(14-9-5-2-6-10-14)12-11-13-7-3-1-4-8-13;2*1-2;/h11-14H,1-10H2;1-2H3;2H,1H3;1H2/b12-11+;;;. The Hall–Kier alpha value is -0.670. The lowest BCUT2D eigenvalue weighted by Crippen LogP contribution is -2.16. The van der Waals surface area contributed by atoms with Crippen LogP contribution in [-0.4, -0.2) is 23.5 Å². The van der Waals surface area contributed by atoms with E-state index in [1.807, 2.05) is 19.9 Å². The first-order valence-electron chi connectivity index (χ1n) is 8.53. The molecule has 2 fully saturated rings. The summed E-state index contributed by atoms with van der Waals surface area (Å²) in [7, 11) is 1.00. The number of allylic oxidation sites excluding steroid dienone is 2. The number of aliphatic hydroxyl groups excluding tert-OH is 1. The van der Waals surface area contributed by atoms with Gasteiger partial charge in [-0.3, -0.25) is 4.79 Å². The van der Waals surface area contributed by atoms with Crippen LogP contribution >= 0.6 is 0 Å². The number of ketones is 1. The molecule has 0 aromatic carbocycles. The van der Waals surface area contributed by atoms with Gasteiger partial charge in [0.05, 0.1) is 0 Å². The lowest BCUT2D eigenvalue weighted by atomic mass is 9.84. The first kappa shape index (κ1) is 22.6. The van der Waals surface area contributed by atoms with Crippen LogP contribution in [0.25, 0.3) is 0 Å². The zero-order valence-electron chi connectivity index (χ0n) is 14.2. The highest BCUT2D eigenvalue weighted by atomic mass is 16.2. The van der Waals surface area contributed by atoms with E-state index in [4.69, 9.17) is 5.11 Å². The molecular weight excluding hydrogens is 264 g/mol. The van der Waals surface area contributed by atoms with Gasteiger partial charge >= 0.3 is 0 Å². The van der Waals surface area contributed by atoms with Gasteiger partial charge in [0.25, 0.3) is 0 Å². The summed E-state index contributed by atoms with van der Waals surface area (Å²) in [4.78, 5) is 12.0. The smallest absolute Gasteiger partial charge is 0.158 e. The molecule has 126 valence electrons. The van der Waals surface area contributed by atoms with Gasteiger partial charge in [0.15, 0.2) is 5.78 Å². The van der Waals surface area contributed by atoms with E-state index in [9.17, 15) is 4.79 Å². The lowest BCUT2D eigenvalue weighted by Gasteiger charge is -2.20. The Balaban J connectivity index is 0. The second-order valence-corrected chi connectivity index (χ2v) is 5.49. The maximum absolute atomic E-state index is 12.0. The summed E-state index contributed by atoms with van der Waals surface area (Å²) in [5.74, 6) is 1.46. The molecule has 0 radical (unpaired) electrons. The summed E-state index contributed by atoms with van der Waals surface area (Å²) >= 11 is 0. The van der Waals surface area contributed by atoms with Crippen molar-refractivity contribution in [1.29, 1.82) is 0 Å². The van der Waals surface area contributed by atoms with E-state index in [1.54, 1.807) is 0 Å². The van der Waals surface area contributed by atoms with Crippen LogP contribution in [0.5, 0.6) is 0 Å². The summed E-state index contributed by atoms with van der Waals surface area (Å²) in [6, 6.07) is 0. The van der Waals surface area contributed by atoms with Crippen molar-refractivity contribution in [3.05, 3.63) is 12.2 Å². The van der Waals surface area contributed by atoms with Crippen LogP contribution in [0.2, 0.25) is 0 Å². The lowest BCUT2D eigenvalue weighted by molar-refractivity contribution is -0.119. The van der Waals surface area contributed by atoms with Gasteiger partial charge in [0.1, 0.15) is 0 Å². The number of hydrogen-bond acceptors (Lipinski definition) is 2. The summed E-state index contributed by atoms with van der Waals surface area (Å²) in [5, 5.41) is 7.00. The minimum Gasteiger partial charge on any atom is -0.412 e. The van der Waals surface area contributed by atoms with Crippen LogP contribution in [0.15, 0.2) is 12.2 Å². The van der Waals surface area contributed by atoms with Gasteiger partial charge < -0.3 is 10.6 Å². The number of aliphatic hydroxyl groups is 1. The van der Waals surface area contributed by atoms with E-state index in [-0.39, 0.29) is 5.48 Å². The molecule has 3 nitrogen and oxygen atoms in total. The van der Waals surface area contributed by atoms with Crippen LogP contribution in [0, 0.1) is 11.8 Å². The molecule has 21 heavy (non-hydrogen) atoms. The first-order valence-corrected chi connectivity index (χ1v) is 8.53. The van der Waals surface area contributed by atoms with E-state index < -0.39 is 0 Å². The van der Waals surface area contributed by atoms with Gasteiger partial charge in [-0.25, -0.2) is 0 Å². The zero-order chi connectivity index (χ0) is 15.2. The third kappa shape index (κ3) is 9.81. The van der Waals surface area contributed by atoms with Crippen LogP contribution < -0.4 is 0 Å². The molecule has 0 amide bonds. The largest absolute Gasteiger partial charge is 0.412 e. The quantitative estimate of drug-likeness (QED) is 0.798. The molecule has 0 heterocycles. The summed E-state index contributed by atoms with van der Waals surface area (Å²) in [6.07, 6.45) is 16.9. The Morgan fingerprint density at radius 1 is 0.857 bits per heavy atom. The van der Waals surface area contributed by atoms with Crippen LogP contribution in [0.1, 0.15) is 78.1 Å². The molecule has 0 aliphatic heterocycles. The van der Waals surface area contributed by atoms with Crippen LogP contribution in [0.3, 0.4) is 0 Å². The third-order valence-corrected chi connectivity index (χ3v) is 4.19. The Morgan fingerprint density at radius 3 is 1.76 bits per heavy atom. The summed E-state index contributed by atoms with van der Waals surface area (Å²) in [5.41, 5.74) is 0. The van der Waals surface area contributed by atoms with Gasteiger partial charge in [0, 0.05) is 13.0 Å². The van der Waals surface area contributed by atoms with Crippen molar-refractivity contribution in [3.63, 3.8) is 0 Å². The molecule has 2 saturated carbocycles. The van der Waals surface area contributed by atoms with Crippen molar-refractivity contribution in [3.8, 4) is 0 Å². The predicted molar refractivity (Wildman–Crippen MR) is 90.4 cm³/mol. The van der Waals surface area contributed by atoms with Crippen molar-refractivity contribution >= 4 is 5.78 Å². The number of carbonyl (C=O) groups is 1. The van der Waals surface area contributed by atoms with E-state index in [0.29, 0.717) is 17.6 Å². The number of hydrogen-bond donors (Lipinski definition) is 1. The molecule has 3 heteroatoms. The van der Waals surface area contributed by atoms with E-state index in [0.717, 1.165) is 20.0 Å². The van der Waals surface area contributed by atoms with Crippen molar-refractivity contribution in [2.45, 2.75) is 78.1 Å². The normalized spacial score (nSPS) is 19.6. The van der Waals surface area contributed by atoms with Gasteiger partial charge in [-0.1, -0.05) is 58.4 Å². The highest BCUT2D eigenvalue weighted by molar-refractivity contribution is 5.91. The Morgan fingerprint density at radius 2 is 1.29 bits per heavy atom. The van der Waals surface area contributed by atoms with E-state index in [1.165, 1.54) is 51.4 Å². The molecule has 0 bridgehead atoms.